The van der Waals surface area contributed by atoms with Gasteiger partial charge in [0.1, 0.15) is 5.02 Å². The molecule has 8 heteroatoms. The molecule has 0 aliphatic carbocycles. The second-order valence-corrected chi connectivity index (χ2v) is 8.06. The molecular weight excluding hydrogens is 427 g/mol. The lowest BCUT2D eigenvalue weighted by Crippen LogP contribution is -2.27. The molecule has 2 atom stereocenters. The van der Waals surface area contributed by atoms with E-state index in [4.69, 9.17) is 32.7 Å². The Morgan fingerprint density at radius 1 is 1.23 bits per heavy atom. The molecule has 160 valence electrons. The number of aromatic nitrogens is 1. The summed E-state index contributed by atoms with van der Waals surface area (Å²) < 4.78 is 9.98. The van der Waals surface area contributed by atoms with Crippen molar-refractivity contribution < 1.29 is 19.1 Å². The van der Waals surface area contributed by atoms with E-state index in [1.165, 1.54) is 14.2 Å². The van der Waals surface area contributed by atoms with Crippen LogP contribution in [0, 0.1) is 0 Å². The predicted molar refractivity (Wildman–Crippen MR) is 115 cm³/mol. The number of halogens is 2. The summed E-state index contributed by atoms with van der Waals surface area (Å²) in [6.07, 6.45) is 2.76. The third-order valence-electron chi connectivity index (χ3n) is 5.30. The number of hydrogen-bond acceptors (Lipinski definition) is 5. The van der Waals surface area contributed by atoms with Gasteiger partial charge in [0.05, 0.1) is 19.9 Å². The molecule has 30 heavy (non-hydrogen) atoms. The second-order valence-electron chi connectivity index (χ2n) is 7.25. The number of carbonyl (C=O) groups excluding carboxylic acids is 2. The Labute approximate surface area is 185 Å². The lowest BCUT2D eigenvalue weighted by atomic mass is 9.87. The van der Waals surface area contributed by atoms with Crippen LogP contribution in [-0.2, 0) is 20.7 Å². The highest BCUT2D eigenvalue weighted by Crippen LogP contribution is 2.35. The number of ether oxygens (including phenoxy) is 2. The minimum atomic E-state index is -0.276. The summed E-state index contributed by atoms with van der Waals surface area (Å²) in [6, 6.07) is 9.50. The van der Waals surface area contributed by atoms with Gasteiger partial charge in [0.25, 0.3) is 0 Å². The first kappa shape index (κ1) is 22.4. The topological polar surface area (TPSA) is 77.5 Å². The van der Waals surface area contributed by atoms with Gasteiger partial charge in [0, 0.05) is 29.8 Å². The summed E-state index contributed by atoms with van der Waals surface area (Å²) in [5.74, 6) is 0.0428. The zero-order valence-corrected chi connectivity index (χ0v) is 18.4. The first-order chi connectivity index (χ1) is 14.4. The van der Waals surface area contributed by atoms with Gasteiger partial charge < -0.3 is 14.8 Å². The highest BCUT2D eigenvalue weighted by Gasteiger charge is 2.27. The monoisotopic (exact) mass is 450 g/mol. The van der Waals surface area contributed by atoms with Crippen LogP contribution in [0.2, 0.25) is 10.0 Å². The summed E-state index contributed by atoms with van der Waals surface area (Å²) in [5.41, 5.74) is 2.64. The number of aryl methyl sites for hydroxylation is 1. The number of carbonyl (C=O) groups is 2. The number of amides is 1. The molecular formula is C22H24Cl2N2O4. The number of pyridine rings is 1. The Morgan fingerprint density at radius 3 is 2.67 bits per heavy atom. The van der Waals surface area contributed by atoms with Crippen LogP contribution < -0.4 is 10.1 Å². The Hall–Kier alpha value is -2.31. The van der Waals surface area contributed by atoms with Gasteiger partial charge in [0.15, 0.2) is 0 Å². The van der Waals surface area contributed by atoms with Crippen LogP contribution in [0.3, 0.4) is 0 Å². The van der Waals surface area contributed by atoms with E-state index in [0.29, 0.717) is 35.2 Å². The maximum atomic E-state index is 11.7. The first-order valence-corrected chi connectivity index (χ1v) is 10.5. The second kappa shape index (κ2) is 10.1. The zero-order valence-electron chi connectivity index (χ0n) is 16.9. The van der Waals surface area contributed by atoms with Crippen molar-refractivity contribution in [1.82, 2.24) is 10.3 Å². The fourth-order valence-corrected chi connectivity index (χ4v) is 4.13. The molecule has 1 aliphatic heterocycles. The van der Waals surface area contributed by atoms with Crippen molar-refractivity contribution in [3.8, 4) is 5.88 Å². The zero-order chi connectivity index (χ0) is 21.7. The normalized spacial score (nSPS) is 16.8. The van der Waals surface area contributed by atoms with Crippen molar-refractivity contribution in [1.29, 1.82) is 0 Å². The van der Waals surface area contributed by atoms with Crippen LogP contribution in [0.25, 0.3) is 0 Å². The summed E-state index contributed by atoms with van der Waals surface area (Å²) in [6.45, 7) is 0. The predicted octanol–water partition coefficient (Wildman–Crippen LogP) is 4.30. The standard InChI is InChI=1S/C22H24Cl2N2O4/c1-29-21(28)10-5-13-3-4-14(11-18(13)24)16(12-15-6-9-20(27)25-15)19-8-7-17(23)22(26-19)30-2/h3-4,7-8,11,15-16H,5-6,9-10,12H2,1-2H3,(H,25,27)/t15-,16?/m1/s1. The Balaban J connectivity index is 1.90. The fraction of sp³-hybridized carbons (Fsp3) is 0.409. The highest BCUT2D eigenvalue weighted by atomic mass is 35.5. The Kier molecular flexibility index (Phi) is 7.56. The van der Waals surface area contributed by atoms with E-state index < -0.39 is 0 Å². The largest absolute Gasteiger partial charge is 0.480 e. The molecule has 0 spiro atoms. The van der Waals surface area contributed by atoms with Crippen molar-refractivity contribution in [3.63, 3.8) is 0 Å². The van der Waals surface area contributed by atoms with Gasteiger partial charge in [-0.3, -0.25) is 9.59 Å². The summed E-state index contributed by atoms with van der Waals surface area (Å²) in [7, 11) is 2.89. The number of methoxy groups -OCH3 is 2. The van der Waals surface area contributed by atoms with Gasteiger partial charge in [-0.1, -0.05) is 35.3 Å². The number of benzene rings is 1. The number of nitrogens with zero attached hydrogens (tertiary/aromatic N) is 1. The number of nitrogens with one attached hydrogen (secondary N) is 1. The highest BCUT2D eigenvalue weighted by molar-refractivity contribution is 6.32. The average Bonchev–Trinajstić information content (AvgIpc) is 3.16. The van der Waals surface area contributed by atoms with E-state index in [2.05, 4.69) is 10.3 Å². The van der Waals surface area contributed by atoms with E-state index in [1.54, 1.807) is 6.07 Å². The molecule has 1 saturated heterocycles. The fourth-order valence-electron chi connectivity index (χ4n) is 3.66. The first-order valence-electron chi connectivity index (χ1n) is 9.76. The van der Waals surface area contributed by atoms with Crippen LogP contribution in [0.5, 0.6) is 5.88 Å². The van der Waals surface area contributed by atoms with Gasteiger partial charge >= 0.3 is 5.97 Å². The van der Waals surface area contributed by atoms with Crippen molar-refractivity contribution in [3.05, 3.63) is 57.2 Å². The minimum absolute atomic E-state index is 0.0590. The molecule has 1 fully saturated rings. The van der Waals surface area contributed by atoms with Gasteiger partial charge in [-0.25, -0.2) is 4.98 Å². The van der Waals surface area contributed by atoms with Crippen LogP contribution in [-0.4, -0.2) is 37.1 Å². The lowest BCUT2D eigenvalue weighted by molar-refractivity contribution is -0.140. The molecule has 2 heterocycles. The van der Waals surface area contributed by atoms with Crippen LogP contribution in [0.4, 0.5) is 0 Å². The van der Waals surface area contributed by atoms with E-state index in [1.807, 2.05) is 24.3 Å². The van der Waals surface area contributed by atoms with Crippen LogP contribution in [0.1, 0.15) is 48.4 Å². The van der Waals surface area contributed by atoms with Crippen LogP contribution >= 0.6 is 23.2 Å². The Morgan fingerprint density at radius 2 is 2.03 bits per heavy atom. The summed E-state index contributed by atoms with van der Waals surface area (Å²) in [5, 5.41) is 4.04. The maximum Gasteiger partial charge on any atom is 0.305 e. The molecule has 2 aromatic rings. The molecule has 1 amide bonds. The Bertz CT molecular complexity index is 935. The average molecular weight is 451 g/mol. The molecule has 0 bridgehead atoms. The van der Waals surface area contributed by atoms with E-state index in [9.17, 15) is 9.59 Å². The molecule has 0 saturated carbocycles. The molecule has 1 unspecified atom stereocenters. The van der Waals surface area contributed by atoms with Crippen LogP contribution in [0.15, 0.2) is 30.3 Å². The third kappa shape index (κ3) is 5.43. The summed E-state index contributed by atoms with van der Waals surface area (Å²) >= 11 is 12.7. The quantitative estimate of drug-likeness (QED) is 0.606. The van der Waals surface area contributed by atoms with E-state index in [0.717, 1.165) is 23.2 Å². The van der Waals surface area contributed by atoms with Gasteiger partial charge in [0.2, 0.25) is 11.8 Å². The molecule has 1 aromatic heterocycles. The number of esters is 1. The van der Waals surface area contributed by atoms with E-state index >= 15 is 0 Å². The van der Waals surface area contributed by atoms with Gasteiger partial charge in [-0.2, -0.15) is 0 Å². The number of rotatable bonds is 8. The molecule has 1 N–H and O–H groups in total. The molecule has 0 radical (unpaired) electrons. The molecule has 1 aliphatic rings. The van der Waals surface area contributed by atoms with E-state index in [-0.39, 0.29) is 30.3 Å². The van der Waals surface area contributed by atoms with Crippen molar-refractivity contribution in [2.45, 2.75) is 44.1 Å². The van der Waals surface area contributed by atoms with Crippen molar-refractivity contribution >= 4 is 35.1 Å². The third-order valence-corrected chi connectivity index (χ3v) is 5.94. The number of hydrogen-bond donors (Lipinski definition) is 1. The molecule has 1 aromatic carbocycles. The molecule has 3 rings (SSSR count). The van der Waals surface area contributed by atoms with Gasteiger partial charge in [-0.05, 0) is 48.6 Å². The van der Waals surface area contributed by atoms with Crippen molar-refractivity contribution in [2.75, 3.05) is 14.2 Å². The molecule has 6 nitrogen and oxygen atoms in total. The van der Waals surface area contributed by atoms with Gasteiger partial charge in [-0.15, -0.1) is 0 Å². The lowest BCUT2D eigenvalue weighted by Gasteiger charge is -2.22. The van der Waals surface area contributed by atoms with Crippen molar-refractivity contribution in [2.24, 2.45) is 0 Å². The minimum Gasteiger partial charge on any atom is -0.480 e. The SMILES string of the molecule is COC(=O)CCc1ccc(C(C[C@H]2CCC(=O)N2)c2ccc(Cl)c(OC)n2)cc1Cl. The smallest absolute Gasteiger partial charge is 0.305 e. The maximum absolute atomic E-state index is 11.7. The summed E-state index contributed by atoms with van der Waals surface area (Å²) in [4.78, 5) is 27.7.